The molecule has 0 aromatic rings. The van der Waals surface area contributed by atoms with Crippen molar-refractivity contribution in [3.63, 3.8) is 0 Å². The fourth-order valence-electron chi connectivity index (χ4n) is 3.11. The summed E-state index contributed by atoms with van der Waals surface area (Å²) in [6.45, 7) is 13.3. The van der Waals surface area contributed by atoms with E-state index in [1.807, 2.05) is 6.92 Å². The van der Waals surface area contributed by atoms with Gasteiger partial charge in [0, 0.05) is 12.5 Å². The third kappa shape index (κ3) is 3.41. The van der Waals surface area contributed by atoms with Crippen molar-refractivity contribution >= 4 is 0 Å². The molecule has 1 aliphatic rings. The second kappa shape index (κ2) is 5.22. The van der Waals surface area contributed by atoms with Gasteiger partial charge in [-0.3, -0.25) is 11.3 Å². The lowest BCUT2D eigenvalue weighted by molar-refractivity contribution is -0.0848. The molecule has 0 aromatic heterocycles. The van der Waals surface area contributed by atoms with Gasteiger partial charge in [0.2, 0.25) is 0 Å². The van der Waals surface area contributed by atoms with Crippen LogP contribution >= 0.6 is 0 Å². The van der Waals surface area contributed by atoms with Gasteiger partial charge in [0.05, 0.1) is 23.3 Å². The number of nitrogens with two attached hydrogens (primary N) is 1. The Labute approximate surface area is 105 Å². The minimum Gasteiger partial charge on any atom is -0.377 e. The average Bonchev–Trinajstić information content (AvgIpc) is 2.36. The van der Waals surface area contributed by atoms with Crippen molar-refractivity contribution in [1.29, 1.82) is 0 Å². The minimum atomic E-state index is -0.175. The van der Waals surface area contributed by atoms with E-state index in [1.54, 1.807) is 0 Å². The second-order valence-corrected chi connectivity index (χ2v) is 6.13. The highest BCUT2D eigenvalue weighted by Gasteiger charge is 2.50. The van der Waals surface area contributed by atoms with Gasteiger partial charge in [0.15, 0.2) is 0 Å². The van der Waals surface area contributed by atoms with E-state index in [9.17, 15) is 0 Å². The van der Waals surface area contributed by atoms with E-state index >= 15 is 0 Å². The lowest BCUT2D eigenvalue weighted by Gasteiger charge is -2.35. The van der Waals surface area contributed by atoms with Gasteiger partial charge in [-0.2, -0.15) is 0 Å². The Bertz CT molecular complexity index is 254. The van der Waals surface area contributed by atoms with Gasteiger partial charge in [-0.05, 0) is 48.0 Å². The molecular formula is C13H28N2O2. The van der Waals surface area contributed by atoms with Gasteiger partial charge < -0.3 is 9.47 Å². The Kier molecular flexibility index (Phi) is 4.58. The normalized spacial score (nSPS) is 30.2. The van der Waals surface area contributed by atoms with Gasteiger partial charge in [-0.1, -0.05) is 0 Å². The molecule has 4 heteroatoms. The Morgan fingerprint density at radius 3 is 2.35 bits per heavy atom. The van der Waals surface area contributed by atoms with Gasteiger partial charge >= 0.3 is 0 Å². The quantitative estimate of drug-likeness (QED) is 0.572. The molecule has 0 spiro atoms. The molecule has 0 amide bonds. The third-order valence-electron chi connectivity index (χ3n) is 3.71. The number of rotatable bonds is 5. The monoisotopic (exact) mass is 244 g/mol. The zero-order valence-electron chi connectivity index (χ0n) is 12.0. The predicted molar refractivity (Wildman–Crippen MR) is 69.5 cm³/mol. The van der Waals surface area contributed by atoms with E-state index in [1.165, 1.54) is 0 Å². The first-order valence-corrected chi connectivity index (χ1v) is 6.51. The number of nitrogens with one attached hydrogen (secondary N) is 1. The Hall–Kier alpha value is -0.160. The summed E-state index contributed by atoms with van der Waals surface area (Å²) in [5.41, 5.74) is 2.65. The zero-order chi connectivity index (χ0) is 13.3. The maximum Gasteiger partial charge on any atom is 0.0717 e. The van der Waals surface area contributed by atoms with Crippen LogP contribution in [0.15, 0.2) is 0 Å². The highest BCUT2D eigenvalue weighted by molar-refractivity contribution is 5.00. The Morgan fingerprint density at radius 1 is 1.41 bits per heavy atom. The Morgan fingerprint density at radius 2 is 2.00 bits per heavy atom. The fraction of sp³-hybridized carbons (Fsp3) is 1.00. The van der Waals surface area contributed by atoms with Crippen LogP contribution in [0.25, 0.3) is 0 Å². The van der Waals surface area contributed by atoms with E-state index in [0.29, 0.717) is 12.5 Å². The molecule has 0 aliphatic carbocycles. The maximum atomic E-state index is 6.11. The first-order valence-electron chi connectivity index (χ1n) is 6.51. The second-order valence-electron chi connectivity index (χ2n) is 6.13. The smallest absolute Gasteiger partial charge is 0.0717 e. The van der Waals surface area contributed by atoms with Crippen molar-refractivity contribution in [2.24, 2.45) is 11.8 Å². The molecule has 1 aliphatic heterocycles. The SMILES string of the molecule is CCOC(C)C(NN)C1CC(C)(C)OC1(C)C. The average molecular weight is 244 g/mol. The maximum absolute atomic E-state index is 6.11. The molecule has 4 nitrogen and oxygen atoms in total. The summed E-state index contributed by atoms with van der Waals surface area (Å²) >= 11 is 0. The summed E-state index contributed by atoms with van der Waals surface area (Å²) in [7, 11) is 0. The van der Waals surface area contributed by atoms with E-state index in [4.69, 9.17) is 15.3 Å². The zero-order valence-corrected chi connectivity index (χ0v) is 12.0. The van der Waals surface area contributed by atoms with E-state index in [2.05, 4.69) is 40.0 Å². The number of hydrogen-bond donors (Lipinski definition) is 2. The largest absolute Gasteiger partial charge is 0.377 e. The minimum absolute atomic E-state index is 0.0881. The summed E-state index contributed by atoms with van der Waals surface area (Å²) in [6, 6.07) is 0.117. The first kappa shape index (κ1) is 14.9. The van der Waals surface area contributed by atoms with Crippen LogP contribution in [-0.2, 0) is 9.47 Å². The van der Waals surface area contributed by atoms with Crippen LogP contribution in [0, 0.1) is 5.92 Å². The third-order valence-corrected chi connectivity index (χ3v) is 3.71. The standard InChI is InChI=1S/C13H28N2O2/c1-7-16-9(2)11(15-14)10-8-12(3,4)17-13(10,5)6/h9-11,15H,7-8,14H2,1-6H3. The lowest BCUT2D eigenvalue weighted by Crippen LogP contribution is -2.53. The number of hydrazine groups is 1. The molecule has 1 saturated heterocycles. The summed E-state index contributed by atoms with van der Waals surface area (Å²) in [4.78, 5) is 0. The van der Waals surface area contributed by atoms with Crippen LogP contribution in [0.2, 0.25) is 0 Å². The van der Waals surface area contributed by atoms with Gasteiger partial charge in [-0.15, -0.1) is 0 Å². The van der Waals surface area contributed by atoms with Crippen molar-refractivity contribution in [3.8, 4) is 0 Å². The topological polar surface area (TPSA) is 56.5 Å². The van der Waals surface area contributed by atoms with Crippen LogP contribution < -0.4 is 11.3 Å². The molecule has 0 saturated carbocycles. The number of ether oxygens (including phenoxy) is 2. The van der Waals surface area contributed by atoms with Crippen molar-refractivity contribution in [3.05, 3.63) is 0 Å². The molecule has 3 N–H and O–H groups in total. The molecule has 1 heterocycles. The first-order chi connectivity index (χ1) is 7.73. The summed E-state index contributed by atoms with van der Waals surface area (Å²) < 4.78 is 11.8. The summed E-state index contributed by atoms with van der Waals surface area (Å²) in [6.07, 6.45) is 1.08. The molecular weight excluding hydrogens is 216 g/mol. The van der Waals surface area contributed by atoms with Crippen molar-refractivity contribution in [2.45, 2.75) is 71.3 Å². The van der Waals surface area contributed by atoms with Crippen LogP contribution in [0.5, 0.6) is 0 Å². The van der Waals surface area contributed by atoms with E-state index < -0.39 is 0 Å². The van der Waals surface area contributed by atoms with E-state index in [0.717, 1.165) is 6.42 Å². The van der Waals surface area contributed by atoms with Crippen molar-refractivity contribution < 1.29 is 9.47 Å². The van der Waals surface area contributed by atoms with Gasteiger partial charge in [-0.25, -0.2) is 0 Å². The summed E-state index contributed by atoms with van der Waals surface area (Å²) in [5, 5.41) is 0. The summed E-state index contributed by atoms with van der Waals surface area (Å²) in [5.74, 6) is 6.06. The molecule has 0 radical (unpaired) electrons. The van der Waals surface area contributed by atoms with Gasteiger partial charge in [0.1, 0.15) is 0 Å². The van der Waals surface area contributed by atoms with Crippen LogP contribution in [-0.4, -0.2) is 30.0 Å². The molecule has 1 rings (SSSR count). The number of hydrogen-bond acceptors (Lipinski definition) is 4. The van der Waals surface area contributed by atoms with Crippen LogP contribution in [0.1, 0.15) is 48.0 Å². The molecule has 0 bridgehead atoms. The van der Waals surface area contributed by atoms with Crippen molar-refractivity contribution in [1.82, 2.24) is 5.43 Å². The predicted octanol–water partition coefficient (Wildman–Crippen LogP) is 1.84. The highest BCUT2D eigenvalue weighted by atomic mass is 16.5. The molecule has 1 fully saturated rings. The van der Waals surface area contributed by atoms with Crippen LogP contribution in [0.4, 0.5) is 0 Å². The molecule has 17 heavy (non-hydrogen) atoms. The highest BCUT2D eigenvalue weighted by Crippen LogP contribution is 2.44. The molecule has 3 unspecified atom stereocenters. The molecule has 3 atom stereocenters. The lowest BCUT2D eigenvalue weighted by atomic mass is 9.80. The van der Waals surface area contributed by atoms with Gasteiger partial charge in [0.25, 0.3) is 0 Å². The fourth-order valence-corrected chi connectivity index (χ4v) is 3.11. The molecule has 102 valence electrons. The molecule has 0 aromatic carbocycles. The van der Waals surface area contributed by atoms with Crippen molar-refractivity contribution in [2.75, 3.05) is 6.61 Å². The van der Waals surface area contributed by atoms with Crippen LogP contribution in [0.3, 0.4) is 0 Å². The van der Waals surface area contributed by atoms with E-state index in [-0.39, 0.29) is 23.3 Å². The Balaban J connectivity index is 2.82.